The molecule has 0 aromatic heterocycles. The van der Waals surface area contributed by atoms with E-state index in [1.54, 1.807) is 34.6 Å². The molecular weight excluding hydrogens is 619 g/mol. The van der Waals surface area contributed by atoms with E-state index in [9.17, 15) is 19.2 Å². The first kappa shape index (κ1) is 28.4. The molecule has 32 heavy (non-hydrogen) atoms. The van der Waals surface area contributed by atoms with Crippen molar-refractivity contribution in [2.75, 3.05) is 6.79 Å². The molecule has 1 aromatic carbocycles. The summed E-state index contributed by atoms with van der Waals surface area (Å²) in [4.78, 5) is 48.6. The molecule has 1 amide bonds. The molecule has 170 valence electrons. The number of esters is 2. The number of likely N-dealkylation sites (tertiary alicyclic amines) is 1. The fourth-order valence-corrected chi connectivity index (χ4v) is 4.18. The standard InChI is InChI=1S/C17H25NO6S.C6H5.Hg/c1-9(2)12(15(21)23-8-24-16(22)17(4,5)6)18-13(20)11(14(18)25)7-10(3)19;1-2-4-6-5-3-1;/h11,14,25H,7-8H2,1-6H3;1-5H;/q;;+1/p-1/t11-,14-;;/m1../s1. The number of carbonyl (C=O) groups is 4. The summed E-state index contributed by atoms with van der Waals surface area (Å²) < 4.78 is 11.4. The van der Waals surface area contributed by atoms with E-state index in [2.05, 4.69) is 30.3 Å². The molecule has 1 aliphatic rings. The van der Waals surface area contributed by atoms with E-state index in [0.717, 1.165) is 31.0 Å². The Labute approximate surface area is 211 Å². The van der Waals surface area contributed by atoms with Gasteiger partial charge in [0.2, 0.25) is 12.7 Å². The average molecular weight is 648 g/mol. The maximum absolute atomic E-state index is 12.3. The molecule has 0 radical (unpaired) electrons. The number of ether oxygens (including phenoxy) is 2. The van der Waals surface area contributed by atoms with E-state index in [-0.39, 0.29) is 23.8 Å². The van der Waals surface area contributed by atoms with E-state index in [1.807, 2.05) is 0 Å². The monoisotopic (exact) mass is 649 g/mol. The number of hydrogen-bond donors (Lipinski definition) is 0. The SMILES string of the molecule is CC(=O)C[C@@H]1C(=O)N(C(C(=O)OCOC(=O)C(C)(C)C)=C(C)C)[C@@H]1[S-].[Hg+][c]1ccccc1. The van der Waals surface area contributed by atoms with Gasteiger partial charge in [0.15, 0.2) is 0 Å². The number of allylic oxidation sites excluding steroid dienone is 1. The third kappa shape index (κ3) is 8.35. The quantitative estimate of drug-likeness (QED) is 0.117. The van der Waals surface area contributed by atoms with Gasteiger partial charge in [-0.15, -0.1) is 0 Å². The van der Waals surface area contributed by atoms with Crippen LogP contribution in [0.5, 0.6) is 0 Å². The number of β-lactam (4-membered cyclic amide) rings is 1. The van der Waals surface area contributed by atoms with Crippen molar-refractivity contribution in [2.45, 2.75) is 53.3 Å². The van der Waals surface area contributed by atoms with Crippen LogP contribution < -0.4 is 3.07 Å². The Kier molecular flexibility index (Phi) is 11.1. The number of nitrogens with zero attached hydrogens (tertiary/aromatic N) is 1. The first-order valence-corrected chi connectivity index (χ1v) is 13.4. The zero-order valence-corrected chi connectivity index (χ0v) is 25.8. The van der Waals surface area contributed by atoms with Crippen LogP contribution in [-0.2, 0) is 67.4 Å². The van der Waals surface area contributed by atoms with Crippen molar-refractivity contribution in [1.29, 1.82) is 0 Å². The van der Waals surface area contributed by atoms with Crippen LogP contribution in [0.15, 0.2) is 41.6 Å². The molecular formula is C23H29HgNO6S. The summed E-state index contributed by atoms with van der Waals surface area (Å²) in [7, 11) is 0. The van der Waals surface area contributed by atoms with Gasteiger partial charge in [0.1, 0.15) is 11.5 Å². The second-order valence-corrected chi connectivity index (χ2v) is 12.3. The summed E-state index contributed by atoms with van der Waals surface area (Å²) in [5, 5.41) is -0.689. The van der Waals surface area contributed by atoms with Crippen molar-refractivity contribution in [3.05, 3.63) is 41.6 Å². The van der Waals surface area contributed by atoms with Crippen LogP contribution in [0.1, 0.15) is 48.0 Å². The number of hydrogen-bond acceptors (Lipinski definition) is 7. The second kappa shape index (κ2) is 12.5. The van der Waals surface area contributed by atoms with Crippen LogP contribution in [0.4, 0.5) is 0 Å². The van der Waals surface area contributed by atoms with Gasteiger partial charge in [-0.1, -0.05) is 5.37 Å². The second-order valence-electron chi connectivity index (χ2n) is 8.68. The molecule has 0 saturated carbocycles. The van der Waals surface area contributed by atoms with Gasteiger partial charge in [0.05, 0.1) is 5.41 Å². The molecule has 0 aliphatic carbocycles. The van der Waals surface area contributed by atoms with E-state index >= 15 is 0 Å². The summed E-state index contributed by atoms with van der Waals surface area (Å²) >= 11 is 6.06. The van der Waals surface area contributed by atoms with Gasteiger partial charge in [-0.25, -0.2) is 4.79 Å². The number of rotatable bonds is 6. The first-order chi connectivity index (χ1) is 14.8. The van der Waals surface area contributed by atoms with Crippen molar-refractivity contribution in [2.24, 2.45) is 11.3 Å². The third-order valence-electron chi connectivity index (χ3n) is 4.40. The van der Waals surface area contributed by atoms with Crippen LogP contribution in [0.2, 0.25) is 0 Å². The maximum atomic E-state index is 12.3. The Morgan fingerprint density at radius 3 is 2.00 bits per heavy atom. The number of ketones is 1. The predicted octanol–water partition coefficient (Wildman–Crippen LogP) is 2.54. The van der Waals surface area contributed by atoms with Crippen LogP contribution >= 0.6 is 0 Å². The van der Waals surface area contributed by atoms with E-state index in [4.69, 9.17) is 22.1 Å². The van der Waals surface area contributed by atoms with Gasteiger partial charge in [0.25, 0.3) is 0 Å². The van der Waals surface area contributed by atoms with Crippen molar-refractivity contribution < 1.29 is 54.8 Å². The van der Waals surface area contributed by atoms with Crippen LogP contribution in [-0.4, -0.2) is 40.7 Å². The minimum atomic E-state index is -0.800. The van der Waals surface area contributed by atoms with Crippen molar-refractivity contribution in [1.82, 2.24) is 4.90 Å². The minimum absolute atomic E-state index is 0.0246. The summed E-state index contributed by atoms with van der Waals surface area (Å²) in [5.41, 5.74) is -0.154. The Morgan fingerprint density at radius 2 is 1.62 bits per heavy atom. The van der Waals surface area contributed by atoms with Gasteiger partial charge >= 0.3 is 71.5 Å². The fraction of sp³-hybridized carbons (Fsp3) is 0.478. The number of benzene rings is 1. The topological polar surface area (TPSA) is 90.0 Å². The molecule has 2 rings (SSSR count). The van der Waals surface area contributed by atoms with Crippen molar-refractivity contribution in [3.63, 3.8) is 0 Å². The molecule has 0 N–H and O–H groups in total. The van der Waals surface area contributed by atoms with Gasteiger partial charge < -0.3 is 31.8 Å². The molecule has 1 saturated heterocycles. The van der Waals surface area contributed by atoms with Crippen molar-refractivity contribution >= 4 is 39.3 Å². The molecule has 2 atom stereocenters. The van der Waals surface area contributed by atoms with Crippen LogP contribution in [0, 0.1) is 11.3 Å². The average Bonchev–Trinajstić information content (AvgIpc) is 2.69. The summed E-state index contributed by atoms with van der Waals surface area (Å²) in [6, 6.07) is 10.6. The molecule has 0 bridgehead atoms. The number of amides is 1. The molecule has 9 heteroatoms. The summed E-state index contributed by atoms with van der Waals surface area (Å²) in [6.07, 6.45) is 0.0534. The molecule has 1 aromatic rings. The van der Waals surface area contributed by atoms with Gasteiger partial charge in [0, 0.05) is 12.3 Å². The zero-order chi connectivity index (χ0) is 24.6. The van der Waals surface area contributed by atoms with Crippen LogP contribution in [0.3, 0.4) is 0 Å². The third-order valence-corrected chi connectivity index (χ3v) is 6.78. The Bertz CT molecular complexity index is 874. The van der Waals surface area contributed by atoms with E-state index in [0.29, 0.717) is 5.57 Å². The zero-order valence-electron chi connectivity index (χ0n) is 19.5. The normalized spacial score (nSPS) is 17.4. The Morgan fingerprint density at radius 1 is 1.06 bits per heavy atom. The van der Waals surface area contributed by atoms with E-state index in [1.165, 1.54) is 10.00 Å². The number of carbonyl (C=O) groups excluding carboxylic acids is 4. The summed E-state index contributed by atoms with van der Waals surface area (Å²) in [6.45, 7) is 9.15. The molecule has 1 aliphatic heterocycles. The summed E-state index contributed by atoms with van der Waals surface area (Å²) in [5.74, 6) is -2.43. The molecule has 0 unspecified atom stereocenters. The van der Waals surface area contributed by atoms with Gasteiger partial charge in [-0.3, -0.25) is 9.59 Å². The molecule has 1 fully saturated rings. The van der Waals surface area contributed by atoms with Gasteiger partial charge in [-0.2, -0.15) is 0 Å². The Balaban J connectivity index is 0.000000616. The van der Waals surface area contributed by atoms with E-state index < -0.39 is 35.4 Å². The van der Waals surface area contributed by atoms with Crippen LogP contribution in [0.25, 0.3) is 0 Å². The van der Waals surface area contributed by atoms with Crippen molar-refractivity contribution in [3.8, 4) is 0 Å². The Hall–Kier alpha value is -1.67. The molecule has 0 spiro atoms. The molecule has 7 nitrogen and oxygen atoms in total. The number of Topliss-reactive ketones (excluding diaryl/α,β-unsaturated/α-hetero) is 1. The van der Waals surface area contributed by atoms with Gasteiger partial charge in [-0.05, 0) is 47.1 Å². The fourth-order valence-electron chi connectivity index (χ4n) is 2.70. The predicted molar refractivity (Wildman–Crippen MR) is 118 cm³/mol. The molecule has 1 heterocycles. The first-order valence-electron chi connectivity index (χ1n) is 10.1.